The van der Waals surface area contributed by atoms with Crippen molar-refractivity contribution < 1.29 is 19.1 Å². The van der Waals surface area contributed by atoms with Crippen LogP contribution in [0.1, 0.15) is 41.5 Å². The summed E-state index contributed by atoms with van der Waals surface area (Å²) in [6, 6.07) is 4.68. The number of carbonyl (C=O) groups is 2. The number of rotatable bonds is 2. The molecule has 2 amide bonds. The van der Waals surface area contributed by atoms with Crippen molar-refractivity contribution in [3.8, 4) is 0 Å². The van der Waals surface area contributed by atoms with Crippen LogP contribution in [0.5, 0.6) is 0 Å². The maximum atomic E-state index is 11.7. The minimum absolute atomic E-state index is 0.268. The Kier molecular flexibility index (Phi) is 5.88. The molecule has 7 heteroatoms. The molecule has 23 heavy (non-hydrogen) atoms. The normalized spacial score (nSPS) is 11.6. The number of carbonyl (C=O) groups excluding carboxylic acids is 2. The average molecular weight is 343 g/mol. The monoisotopic (exact) mass is 342 g/mol. The average Bonchev–Trinajstić information content (AvgIpc) is 2.27. The van der Waals surface area contributed by atoms with Crippen LogP contribution in [0.4, 0.5) is 21.0 Å². The molecule has 1 rings (SSSR count). The third-order valence-corrected chi connectivity index (χ3v) is 2.56. The highest BCUT2D eigenvalue weighted by Gasteiger charge is 2.18. The first-order chi connectivity index (χ1) is 10.4. The molecular formula is C16H23ClN2O4. The van der Waals surface area contributed by atoms with Crippen molar-refractivity contribution in [3.05, 3.63) is 23.2 Å². The third kappa shape index (κ3) is 7.74. The van der Waals surface area contributed by atoms with E-state index in [0.717, 1.165) is 0 Å². The number of hydrogen-bond acceptors (Lipinski definition) is 4. The second-order valence-electron chi connectivity index (χ2n) is 6.95. The van der Waals surface area contributed by atoms with E-state index in [0.29, 0.717) is 11.4 Å². The highest BCUT2D eigenvalue weighted by molar-refractivity contribution is 6.34. The predicted molar refractivity (Wildman–Crippen MR) is 91.2 cm³/mol. The Balaban J connectivity index is 2.71. The lowest BCUT2D eigenvalue weighted by atomic mass is 10.2. The second-order valence-corrected chi connectivity index (χ2v) is 7.36. The Labute approximate surface area is 141 Å². The van der Waals surface area contributed by atoms with Gasteiger partial charge in [-0.15, -0.1) is 0 Å². The van der Waals surface area contributed by atoms with E-state index >= 15 is 0 Å². The highest BCUT2D eigenvalue weighted by Crippen LogP contribution is 2.26. The molecule has 0 saturated heterocycles. The number of benzene rings is 1. The fraction of sp³-hybridized carbons (Fsp3) is 0.500. The molecule has 0 fully saturated rings. The van der Waals surface area contributed by atoms with Crippen LogP contribution >= 0.6 is 11.6 Å². The topological polar surface area (TPSA) is 76.7 Å². The largest absolute Gasteiger partial charge is 0.444 e. The van der Waals surface area contributed by atoms with Crippen LogP contribution in [-0.2, 0) is 9.47 Å². The Bertz CT molecular complexity index is 589. The molecule has 0 aliphatic carbocycles. The van der Waals surface area contributed by atoms with E-state index in [2.05, 4.69) is 10.6 Å². The first-order valence-electron chi connectivity index (χ1n) is 7.15. The zero-order chi connectivity index (χ0) is 17.8. The molecule has 0 aliphatic heterocycles. The molecule has 1 aromatic carbocycles. The van der Waals surface area contributed by atoms with Gasteiger partial charge in [-0.05, 0) is 59.7 Å². The van der Waals surface area contributed by atoms with Gasteiger partial charge in [0.25, 0.3) is 0 Å². The summed E-state index contributed by atoms with van der Waals surface area (Å²) in [6.45, 7) is 10.6. The van der Waals surface area contributed by atoms with E-state index in [-0.39, 0.29) is 5.02 Å². The van der Waals surface area contributed by atoms with Crippen molar-refractivity contribution in [2.45, 2.75) is 52.7 Å². The Morgan fingerprint density at radius 1 is 0.913 bits per heavy atom. The molecule has 0 aliphatic rings. The van der Waals surface area contributed by atoms with Gasteiger partial charge in [0, 0.05) is 5.69 Å². The zero-order valence-corrected chi connectivity index (χ0v) is 15.0. The fourth-order valence-electron chi connectivity index (χ4n) is 1.53. The van der Waals surface area contributed by atoms with E-state index in [1.807, 2.05) is 0 Å². The van der Waals surface area contributed by atoms with E-state index < -0.39 is 23.4 Å². The number of hydrogen-bond donors (Lipinski definition) is 2. The second kappa shape index (κ2) is 7.08. The maximum Gasteiger partial charge on any atom is 0.412 e. The van der Waals surface area contributed by atoms with Gasteiger partial charge in [-0.25, -0.2) is 9.59 Å². The van der Waals surface area contributed by atoms with Crippen LogP contribution in [0.3, 0.4) is 0 Å². The molecule has 0 heterocycles. The Hall–Kier alpha value is -1.95. The summed E-state index contributed by atoms with van der Waals surface area (Å²) in [7, 11) is 0. The van der Waals surface area contributed by atoms with Gasteiger partial charge in [0.1, 0.15) is 11.2 Å². The van der Waals surface area contributed by atoms with Crippen LogP contribution in [-0.4, -0.2) is 23.4 Å². The summed E-state index contributed by atoms with van der Waals surface area (Å²) < 4.78 is 10.3. The van der Waals surface area contributed by atoms with Crippen molar-refractivity contribution in [2.75, 3.05) is 10.6 Å². The molecule has 0 atom stereocenters. The fourth-order valence-corrected chi connectivity index (χ4v) is 1.76. The summed E-state index contributed by atoms with van der Waals surface area (Å²) in [5.41, 5.74) is -0.351. The highest BCUT2D eigenvalue weighted by atomic mass is 35.5. The van der Waals surface area contributed by atoms with Gasteiger partial charge in [-0.1, -0.05) is 11.6 Å². The number of ether oxygens (including phenoxy) is 2. The molecular weight excluding hydrogens is 320 g/mol. The number of halogens is 1. The summed E-state index contributed by atoms with van der Waals surface area (Å²) in [5, 5.41) is 5.38. The Morgan fingerprint density at radius 3 is 1.83 bits per heavy atom. The molecule has 0 bridgehead atoms. The molecule has 1 aromatic rings. The van der Waals surface area contributed by atoms with Gasteiger partial charge in [0.2, 0.25) is 0 Å². The minimum atomic E-state index is -0.604. The van der Waals surface area contributed by atoms with Crippen LogP contribution in [0.25, 0.3) is 0 Å². The van der Waals surface area contributed by atoms with Gasteiger partial charge >= 0.3 is 12.2 Å². The van der Waals surface area contributed by atoms with Crippen molar-refractivity contribution in [2.24, 2.45) is 0 Å². The molecule has 6 nitrogen and oxygen atoms in total. The van der Waals surface area contributed by atoms with Crippen LogP contribution in [0.2, 0.25) is 5.02 Å². The SMILES string of the molecule is CC(C)(C)OC(=O)Nc1ccc(NC(=O)OC(C)(C)C)c(Cl)c1. The van der Waals surface area contributed by atoms with E-state index in [9.17, 15) is 9.59 Å². The van der Waals surface area contributed by atoms with Gasteiger partial charge in [0.15, 0.2) is 0 Å². The van der Waals surface area contributed by atoms with Crippen LogP contribution in [0, 0.1) is 0 Å². The molecule has 0 saturated carbocycles. The van der Waals surface area contributed by atoms with Crippen LogP contribution in [0.15, 0.2) is 18.2 Å². The quantitative estimate of drug-likeness (QED) is 0.789. The van der Waals surface area contributed by atoms with Crippen molar-refractivity contribution in [1.29, 1.82) is 0 Å². The number of anilines is 2. The summed E-state index contributed by atoms with van der Waals surface area (Å²) in [5.74, 6) is 0. The predicted octanol–water partition coefficient (Wildman–Crippen LogP) is 5.03. The zero-order valence-electron chi connectivity index (χ0n) is 14.2. The number of nitrogens with one attached hydrogen (secondary N) is 2. The number of amides is 2. The lowest BCUT2D eigenvalue weighted by Crippen LogP contribution is -2.27. The smallest absolute Gasteiger partial charge is 0.412 e. The van der Waals surface area contributed by atoms with E-state index in [1.165, 1.54) is 6.07 Å². The molecule has 0 radical (unpaired) electrons. The maximum absolute atomic E-state index is 11.7. The summed E-state index contributed by atoms with van der Waals surface area (Å²) >= 11 is 6.10. The Morgan fingerprint density at radius 2 is 1.39 bits per heavy atom. The van der Waals surface area contributed by atoms with Crippen molar-refractivity contribution in [3.63, 3.8) is 0 Å². The van der Waals surface area contributed by atoms with Crippen LogP contribution < -0.4 is 10.6 Å². The van der Waals surface area contributed by atoms with E-state index in [4.69, 9.17) is 21.1 Å². The van der Waals surface area contributed by atoms with Crippen molar-refractivity contribution >= 4 is 35.2 Å². The first kappa shape index (κ1) is 19.1. The third-order valence-electron chi connectivity index (χ3n) is 2.25. The minimum Gasteiger partial charge on any atom is -0.444 e. The lowest BCUT2D eigenvalue weighted by Gasteiger charge is -2.21. The van der Waals surface area contributed by atoms with Gasteiger partial charge in [0.05, 0.1) is 10.7 Å². The molecule has 2 N–H and O–H groups in total. The summed E-state index contributed by atoms with van der Waals surface area (Å²) in [6.07, 6.45) is -1.19. The first-order valence-corrected chi connectivity index (χ1v) is 7.53. The van der Waals surface area contributed by atoms with Gasteiger partial charge in [-0.3, -0.25) is 10.6 Å². The standard InChI is InChI=1S/C16H23ClN2O4/c1-15(2,3)22-13(20)18-10-7-8-12(11(17)9-10)19-14(21)23-16(4,5)6/h7-9H,1-6H3,(H,18,20)(H,19,21). The van der Waals surface area contributed by atoms with Gasteiger partial charge < -0.3 is 9.47 Å². The summed E-state index contributed by atoms with van der Waals surface area (Å²) in [4.78, 5) is 23.4. The molecule has 0 spiro atoms. The van der Waals surface area contributed by atoms with Crippen molar-refractivity contribution in [1.82, 2.24) is 0 Å². The molecule has 0 aromatic heterocycles. The molecule has 128 valence electrons. The lowest BCUT2D eigenvalue weighted by molar-refractivity contribution is 0.0624. The van der Waals surface area contributed by atoms with E-state index in [1.54, 1.807) is 53.7 Å². The molecule has 0 unspecified atom stereocenters. The van der Waals surface area contributed by atoms with Gasteiger partial charge in [-0.2, -0.15) is 0 Å².